The lowest BCUT2D eigenvalue weighted by Crippen LogP contribution is -2.29. The van der Waals surface area contributed by atoms with Gasteiger partial charge in [-0.2, -0.15) is 0 Å². The van der Waals surface area contributed by atoms with Crippen LogP contribution < -0.4 is 5.32 Å². The molecule has 120 valence electrons. The van der Waals surface area contributed by atoms with Gasteiger partial charge in [0.05, 0.1) is 6.04 Å². The second-order valence-electron chi connectivity index (χ2n) is 5.71. The maximum absolute atomic E-state index is 4.86. The zero-order chi connectivity index (χ0) is 16.4. The summed E-state index contributed by atoms with van der Waals surface area (Å²) in [7, 11) is 0. The van der Waals surface area contributed by atoms with Crippen LogP contribution in [-0.4, -0.2) is 27.7 Å². The van der Waals surface area contributed by atoms with E-state index in [1.807, 2.05) is 24.4 Å². The topological polar surface area (TPSA) is 62.5 Å². The summed E-state index contributed by atoms with van der Waals surface area (Å²) in [5.41, 5.74) is 3.09. The summed E-state index contributed by atoms with van der Waals surface area (Å²) < 4.78 is 0. The minimum absolute atomic E-state index is 0.112. The third kappa shape index (κ3) is 3.05. The number of aromatic nitrogens is 2. The number of nitrogens with one attached hydrogen (secondary N) is 1. The number of aliphatic imine (C=N–C) groups is 2. The van der Waals surface area contributed by atoms with Gasteiger partial charge in [-0.25, -0.2) is 9.98 Å². The van der Waals surface area contributed by atoms with Crippen molar-refractivity contribution in [3.8, 4) is 0 Å². The Kier molecular flexibility index (Phi) is 4.04. The number of amidine groups is 2. The molecule has 0 fully saturated rings. The standard InChI is InChI=1S/C18H17N5S/c1-12-11-24-18(20-12)17-22-15-6-4-2-3-5-14(15)16(23-17)21-13-7-9-19-10-8-13/h2-3,5,7-11,15H,4,6H2,1H3,(H,19,21,22,23). The lowest BCUT2D eigenvalue weighted by atomic mass is 10.0. The maximum atomic E-state index is 4.86. The van der Waals surface area contributed by atoms with Gasteiger partial charge < -0.3 is 5.32 Å². The third-order valence-corrected chi connectivity index (χ3v) is 4.86. The van der Waals surface area contributed by atoms with Crippen LogP contribution in [0.5, 0.6) is 0 Å². The quantitative estimate of drug-likeness (QED) is 0.909. The van der Waals surface area contributed by atoms with E-state index < -0.39 is 0 Å². The van der Waals surface area contributed by atoms with Crippen LogP contribution in [0.25, 0.3) is 0 Å². The van der Waals surface area contributed by atoms with E-state index in [0.717, 1.165) is 40.6 Å². The number of fused-ring (bicyclic) bond motifs is 1. The number of pyridine rings is 1. The fourth-order valence-electron chi connectivity index (χ4n) is 2.74. The molecule has 4 rings (SSSR count). The van der Waals surface area contributed by atoms with Crippen LogP contribution in [0.3, 0.4) is 0 Å². The first-order valence-corrected chi connectivity index (χ1v) is 8.81. The summed E-state index contributed by atoms with van der Waals surface area (Å²) in [6.07, 6.45) is 11.9. The van der Waals surface area contributed by atoms with Gasteiger partial charge in [0.15, 0.2) is 10.8 Å². The Bertz CT molecular complexity index is 861. The van der Waals surface area contributed by atoms with Gasteiger partial charge in [0.2, 0.25) is 0 Å². The van der Waals surface area contributed by atoms with Crippen molar-refractivity contribution >= 4 is 28.7 Å². The highest BCUT2D eigenvalue weighted by Crippen LogP contribution is 2.26. The molecule has 1 unspecified atom stereocenters. The molecule has 1 N–H and O–H groups in total. The maximum Gasteiger partial charge on any atom is 0.186 e. The van der Waals surface area contributed by atoms with E-state index in [0.29, 0.717) is 5.84 Å². The van der Waals surface area contributed by atoms with Gasteiger partial charge in [-0.05, 0) is 31.9 Å². The van der Waals surface area contributed by atoms with Gasteiger partial charge in [-0.1, -0.05) is 18.2 Å². The van der Waals surface area contributed by atoms with Gasteiger partial charge in [-0.15, -0.1) is 11.3 Å². The Morgan fingerprint density at radius 1 is 1.25 bits per heavy atom. The summed E-state index contributed by atoms with van der Waals surface area (Å²) >= 11 is 1.59. The highest BCUT2D eigenvalue weighted by atomic mass is 32.1. The van der Waals surface area contributed by atoms with Crippen LogP contribution >= 0.6 is 11.3 Å². The van der Waals surface area contributed by atoms with Crippen molar-refractivity contribution in [1.82, 2.24) is 9.97 Å². The molecular weight excluding hydrogens is 318 g/mol. The zero-order valence-electron chi connectivity index (χ0n) is 13.3. The molecule has 2 aliphatic rings. The minimum atomic E-state index is 0.112. The summed E-state index contributed by atoms with van der Waals surface area (Å²) in [6, 6.07) is 3.98. The molecule has 0 aromatic carbocycles. The van der Waals surface area contributed by atoms with E-state index in [-0.39, 0.29) is 6.04 Å². The first-order valence-electron chi connectivity index (χ1n) is 7.93. The van der Waals surface area contributed by atoms with E-state index >= 15 is 0 Å². The highest BCUT2D eigenvalue weighted by molar-refractivity contribution is 7.11. The molecule has 2 aromatic rings. The molecule has 1 aliphatic carbocycles. The normalized spacial score (nSPS) is 19.7. The number of hydrogen-bond acceptors (Lipinski definition) is 6. The smallest absolute Gasteiger partial charge is 0.186 e. The molecule has 0 radical (unpaired) electrons. The highest BCUT2D eigenvalue weighted by Gasteiger charge is 2.26. The predicted molar refractivity (Wildman–Crippen MR) is 98.9 cm³/mol. The van der Waals surface area contributed by atoms with Crippen LogP contribution in [0.15, 0.2) is 63.7 Å². The van der Waals surface area contributed by atoms with Gasteiger partial charge in [-0.3, -0.25) is 9.98 Å². The third-order valence-electron chi connectivity index (χ3n) is 3.90. The number of allylic oxidation sites excluding steroid dienone is 3. The largest absolute Gasteiger partial charge is 0.340 e. The molecule has 1 atom stereocenters. The van der Waals surface area contributed by atoms with Gasteiger partial charge >= 0.3 is 0 Å². The van der Waals surface area contributed by atoms with Crippen molar-refractivity contribution in [3.05, 3.63) is 64.4 Å². The van der Waals surface area contributed by atoms with Crippen molar-refractivity contribution in [2.24, 2.45) is 9.98 Å². The molecule has 0 saturated carbocycles. The molecule has 1 aliphatic heterocycles. The van der Waals surface area contributed by atoms with E-state index in [2.05, 4.69) is 33.5 Å². The molecule has 0 saturated heterocycles. The molecule has 2 aromatic heterocycles. The Hall–Kier alpha value is -2.60. The molecule has 0 bridgehead atoms. The van der Waals surface area contributed by atoms with E-state index in [4.69, 9.17) is 9.98 Å². The minimum Gasteiger partial charge on any atom is -0.340 e. The molecule has 6 heteroatoms. The van der Waals surface area contributed by atoms with E-state index in [1.54, 1.807) is 23.7 Å². The van der Waals surface area contributed by atoms with Crippen molar-refractivity contribution in [1.29, 1.82) is 0 Å². The Morgan fingerprint density at radius 2 is 2.12 bits per heavy atom. The van der Waals surface area contributed by atoms with Crippen LogP contribution in [0.1, 0.15) is 23.5 Å². The van der Waals surface area contributed by atoms with Gasteiger partial charge in [0.1, 0.15) is 5.84 Å². The summed E-state index contributed by atoms with van der Waals surface area (Å²) in [5.74, 6) is 1.56. The molecule has 0 spiro atoms. The van der Waals surface area contributed by atoms with Crippen LogP contribution in [-0.2, 0) is 0 Å². The fourth-order valence-corrected chi connectivity index (χ4v) is 3.47. The van der Waals surface area contributed by atoms with E-state index in [1.165, 1.54) is 0 Å². The van der Waals surface area contributed by atoms with Gasteiger partial charge in [0.25, 0.3) is 0 Å². The van der Waals surface area contributed by atoms with Crippen LogP contribution in [0, 0.1) is 6.92 Å². The number of nitrogens with zero attached hydrogens (tertiary/aromatic N) is 4. The molecule has 24 heavy (non-hydrogen) atoms. The second kappa shape index (κ2) is 6.49. The Labute approximate surface area is 144 Å². The average molecular weight is 335 g/mol. The summed E-state index contributed by atoms with van der Waals surface area (Å²) in [5, 5.41) is 6.32. The number of thiazole rings is 1. The van der Waals surface area contributed by atoms with Crippen molar-refractivity contribution in [2.75, 3.05) is 5.32 Å². The second-order valence-corrected chi connectivity index (χ2v) is 6.57. The SMILES string of the molecule is Cc1csc(C2=NC3CCC=CC=C3C(Nc3ccncc3)=N2)n1. The van der Waals surface area contributed by atoms with Crippen molar-refractivity contribution in [3.63, 3.8) is 0 Å². The lowest BCUT2D eigenvalue weighted by molar-refractivity contribution is 0.719. The Balaban J connectivity index is 1.74. The number of anilines is 1. The average Bonchev–Trinajstić information content (AvgIpc) is 2.89. The lowest BCUT2D eigenvalue weighted by Gasteiger charge is -2.23. The van der Waals surface area contributed by atoms with Crippen molar-refractivity contribution < 1.29 is 0 Å². The zero-order valence-corrected chi connectivity index (χ0v) is 14.1. The Morgan fingerprint density at radius 3 is 2.92 bits per heavy atom. The number of rotatable bonds is 2. The summed E-state index contributed by atoms with van der Waals surface area (Å²) in [4.78, 5) is 18.2. The van der Waals surface area contributed by atoms with Crippen LogP contribution in [0.2, 0.25) is 0 Å². The fraction of sp³-hybridized carbons (Fsp3) is 0.222. The molecule has 5 nitrogen and oxygen atoms in total. The van der Waals surface area contributed by atoms with E-state index in [9.17, 15) is 0 Å². The first-order chi connectivity index (χ1) is 11.8. The number of aryl methyl sites for hydroxylation is 1. The molecule has 3 heterocycles. The summed E-state index contributed by atoms with van der Waals surface area (Å²) in [6.45, 7) is 1.99. The monoisotopic (exact) mass is 335 g/mol. The van der Waals surface area contributed by atoms with Crippen LogP contribution in [0.4, 0.5) is 5.69 Å². The molecular formula is C18H17N5S. The first kappa shape index (κ1) is 15.0. The van der Waals surface area contributed by atoms with Gasteiger partial charge in [0, 0.05) is 34.7 Å². The predicted octanol–water partition coefficient (Wildman–Crippen LogP) is 3.76. The number of hydrogen-bond donors (Lipinski definition) is 1. The van der Waals surface area contributed by atoms with Crippen molar-refractivity contribution in [2.45, 2.75) is 25.8 Å². The molecule has 0 amide bonds.